The third-order valence-corrected chi connectivity index (χ3v) is 14.1. The lowest BCUT2D eigenvalue weighted by molar-refractivity contribution is 0.669. The van der Waals surface area contributed by atoms with Gasteiger partial charge in [0.2, 0.25) is 0 Å². The Bertz CT molecular complexity index is 3710. The van der Waals surface area contributed by atoms with Crippen LogP contribution in [0.3, 0.4) is 0 Å². The van der Waals surface area contributed by atoms with E-state index in [9.17, 15) is 0 Å². The van der Waals surface area contributed by atoms with Crippen LogP contribution in [0.25, 0.3) is 78.0 Å². The van der Waals surface area contributed by atoms with Gasteiger partial charge in [-0.15, -0.1) is 0 Å². The quantitative estimate of drug-likeness (QED) is 0.176. The van der Waals surface area contributed by atoms with Gasteiger partial charge in [-0.05, 0) is 76.9 Å². The molecule has 6 nitrogen and oxygen atoms in total. The molecule has 7 aromatic carbocycles. The molecular weight excluding hydrogens is 779 g/mol. The summed E-state index contributed by atoms with van der Waals surface area (Å²) in [6.45, 7) is 0. The molecule has 288 valence electrons. The largest absolute Gasteiger partial charge is 0.456 e. The van der Waals surface area contributed by atoms with E-state index >= 15 is 0 Å². The Labute approximate surface area is 360 Å². The van der Waals surface area contributed by atoms with Crippen molar-refractivity contribution in [3.8, 4) is 45.2 Å². The van der Waals surface area contributed by atoms with E-state index < -0.39 is 5.41 Å². The Morgan fingerprint density at radius 1 is 0.500 bits per heavy atom. The Hall–Kier alpha value is -7.87. The molecule has 1 unspecified atom stereocenters. The van der Waals surface area contributed by atoms with E-state index in [0.29, 0.717) is 5.82 Å². The average Bonchev–Trinajstić information content (AvgIpc) is 3.97. The normalized spacial score (nSPS) is 15.4. The molecule has 0 saturated carbocycles. The molecule has 2 aliphatic carbocycles. The second-order valence-corrected chi connectivity index (χ2v) is 17.2. The van der Waals surface area contributed by atoms with E-state index in [1.165, 1.54) is 32.0 Å². The minimum Gasteiger partial charge on any atom is -0.456 e. The molecule has 3 aliphatic rings. The first-order valence-electron chi connectivity index (χ1n) is 20.8. The third kappa shape index (κ3) is 4.49. The summed E-state index contributed by atoms with van der Waals surface area (Å²) < 4.78 is 6.45. The topological polar surface area (TPSA) is 67.9 Å². The van der Waals surface area contributed by atoms with E-state index in [-0.39, 0.29) is 0 Å². The van der Waals surface area contributed by atoms with E-state index in [1.54, 1.807) is 0 Å². The standard InChI is InChI=1S/C55H31N5OS/c1-2-13-32(14-3-1)50-38-17-5-8-20-43(38)58-54(59-50)33-29-42-52(57-31-33)51-41(19-12-28-56-51)55(42)39-18-7-4-16-37(39)49-40(55)26-27-45-53(49)62-48-23-11-9-21-44(48)60(45)34-24-25-36-35-15-6-10-22-46(35)61-47(36)30-34/h1-31H. The number of aromatic nitrogens is 4. The number of pyridine rings is 2. The predicted octanol–water partition coefficient (Wildman–Crippen LogP) is 13.9. The number of benzene rings is 7. The van der Waals surface area contributed by atoms with Crippen LogP contribution >= 0.6 is 11.8 Å². The molecule has 4 aromatic heterocycles. The second-order valence-electron chi connectivity index (χ2n) is 16.1. The maximum absolute atomic E-state index is 6.45. The fourth-order valence-corrected chi connectivity index (χ4v) is 11.6. The number of rotatable bonds is 3. The van der Waals surface area contributed by atoms with E-state index in [0.717, 1.165) is 89.2 Å². The molecule has 0 bridgehead atoms. The summed E-state index contributed by atoms with van der Waals surface area (Å²) in [6.07, 6.45) is 3.81. The minimum atomic E-state index is -0.683. The Morgan fingerprint density at radius 2 is 1.27 bits per heavy atom. The first kappa shape index (κ1) is 33.9. The van der Waals surface area contributed by atoms with Crippen LogP contribution in [0.5, 0.6) is 0 Å². The van der Waals surface area contributed by atoms with Crippen LogP contribution < -0.4 is 4.90 Å². The molecule has 62 heavy (non-hydrogen) atoms. The smallest absolute Gasteiger partial charge is 0.161 e. The van der Waals surface area contributed by atoms with Crippen LogP contribution in [0.15, 0.2) is 203 Å². The van der Waals surface area contributed by atoms with Gasteiger partial charge in [0.25, 0.3) is 0 Å². The first-order chi connectivity index (χ1) is 30.7. The van der Waals surface area contributed by atoms with Crippen molar-refractivity contribution < 1.29 is 4.42 Å². The Morgan fingerprint density at radius 3 is 2.23 bits per heavy atom. The summed E-state index contributed by atoms with van der Waals surface area (Å²) in [5, 5.41) is 3.25. The lowest BCUT2D eigenvalue weighted by Crippen LogP contribution is -2.26. The van der Waals surface area contributed by atoms with Crippen LogP contribution in [0.2, 0.25) is 0 Å². The highest BCUT2D eigenvalue weighted by molar-refractivity contribution is 8.00. The number of furan rings is 1. The lowest BCUT2D eigenvalue weighted by atomic mass is 9.71. The van der Waals surface area contributed by atoms with Crippen molar-refractivity contribution in [1.29, 1.82) is 0 Å². The number of hydrogen-bond donors (Lipinski definition) is 0. The van der Waals surface area contributed by atoms with Crippen LogP contribution in [0.1, 0.15) is 22.3 Å². The van der Waals surface area contributed by atoms with E-state index in [4.69, 9.17) is 24.4 Å². The minimum absolute atomic E-state index is 0.637. The number of para-hydroxylation sites is 3. The molecule has 11 aromatic rings. The number of nitrogens with zero attached hydrogens (tertiary/aromatic N) is 5. The van der Waals surface area contributed by atoms with Crippen molar-refractivity contribution in [3.05, 3.63) is 211 Å². The van der Waals surface area contributed by atoms with Gasteiger partial charge in [-0.25, -0.2) is 9.97 Å². The molecule has 7 heteroatoms. The van der Waals surface area contributed by atoms with E-state index in [2.05, 4.69) is 150 Å². The average molecular weight is 810 g/mol. The van der Waals surface area contributed by atoms with Gasteiger partial charge in [-0.3, -0.25) is 9.97 Å². The van der Waals surface area contributed by atoms with Crippen molar-refractivity contribution >= 4 is 61.7 Å². The summed E-state index contributed by atoms with van der Waals surface area (Å²) in [4.78, 5) is 25.6. The molecule has 0 radical (unpaired) electrons. The van der Waals surface area contributed by atoms with Crippen molar-refractivity contribution in [3.63, 3.8) is 0 Å². The highest BCUT2D eigenvalue weighted by Gasteiger charge is 2.54. The number of fused-ring (bicyclic) bond motifs is 17. The van der Waals surface area contributed by atoms with Gasteiger partial charge in [0.05, 0.1) is 39.4 Å². The number of anilines is 3. The van der Waals surface area contributed by atoms with Crippen LogP contribution in [-0.2, 0) is 5.41 Å². The summed E-state index contributed by atoms with van der Waals surface area (Å²) >= 11 is 1.85. The monoisotopic (exact) mass is 809 g/mol. The summed E-state index contributed by atoms with van der Waals surface area (Å²) in [7, 11) is 0. The summed E-state index contributed by atoms with van der Waals surface area (Å²) in [5.41, 5.74) is 17.0. The maximum Gasteiger partial charge on any atom is 0.161 e. The van der Waals surface area contributed by atoms with Gasteiger partial charge in [-0.2, -0.15) is 0 Å². The second kappa shape index (κ2) is 12.6. The molecule has 5 heterocycles. The summed E-state index contributed by atoms with van der Waals surface area (Å²) in [5.74, 6) is 0.637. The van der Waals surface area contributed by atoms with Gasteiger partial charge in [0, 0.05) is 72.4 Å². The highest BCUT2D eigenvalue weighted by atomic mass is 32.2. The molecule has 0 saturated heterocycles. The molecular formula is C55H31N5OS. The Kier molecular flexibility index (Phi) is 6.88. The van der Waals surface area contributed by atoms with Crippen molar-refractivity contribution in [1.82, 2.24) is 19.9 Å². The van der Waals surface area contributed by atoms with Gasteiger partial charge >= 0.3 is 0 Å². The fourth-order valence-electron chi connectivity index (χ4n) is 10.4. The van der Waals surface area contributed by atoms with Crippen molar-refractivity contribution in [2.45, 2.75) is 15.2 Å². The highest BCUT2D eigenvalue weighted by Crippen LogP contribution is 2.66. The van der Waals surface area contributed by atoms with Gasteiger partial charge in [-0.1, -0.05) is 127 Å². The molecule has 0 amide bonds. The fraction of sp³-hybridized carbons (Fsp3) is 0.0182. The molecule has 14 rings (SSSR count). The van der Waals surface area contributed by atoms with Gasteiger partial charge < -0.3 is 9.32 Å². The van der Waals surface area contributed by atoms with Crippen molar-refractivity contribution in [2.75, 3.05) is 4.90 Å². The van der Waals surface area contributed by atoms with Gasteiger partial charge in [0.1, 0.15) is 11.2 Å². The summed E-state index contributed by atoms with van der Waals surface area (Å²) in [6, 6.07) is 62.4. The molecule has 0 fully saturated rings. The number of hydrogen-bond acceptors (Lipinski definition) is 7. The van der Waals surface area contributed by atoms with Crippen molar-refractivity contribution in [2.24, 2.45) is 0 Å². The molecule has 0 N–H and O–H groups in total. The van der Waals surface area contributed by atoms with Crippen LogP contribution in [0, 0.1) is 0 Å². The Balaban J connectivity index is 1.01. The SMILES string of the molecule is c1ccc(-c2nc(-c3cnc4c(c3)C3(c5ccccc5-c5c3ccc3c5Sc5ccccc5N3c3ccc5c(c3)oc3ccccc35)c3cccnc3-4)nc3ccccc23)cc1. The zero-order chi connectivity index (χ0) is 40.5. The zero-order valence-corrected chi connectivity index (χ0v) is 33.8. The predicted molar refractivity (Wildman–Crippen MR) is 248 cm³/mol. The molecule has 1 spiro atoms. The maximum atomic E-state index is 6.45. The lowest BCUT2D eigenvalue weighted by Gasteiger charge is -2.35. The molecule has 1 atom stereocenters. The zero-order valence-electron chi connectivity index (χ0n) is 33.0. The third-order valence-electron chi connectivity index (χ3n) is 13.0. The molecule has 1 aliphatic heterocycles. The first-order valence-corrected chi connectivity index (χ1v) is 21.6. The van der Waals surface area contributed by atoms with E-state index in [1.807, 2.05) is 54.5 Å². The van der Waals surface area contributed by atoms with Crippen LogP contribution in [-0.4, -0.2) is 19.9 Å². The van der Waals surface area contributed by atoms with Gasteiger partial charge in [0.15, 0.2) is 5.82 Å². The van der Waals surface area contributed by atoms with Crippen LogP contribution in [0.4, 0.5) is 17.1 Å².